The lowest BCUT2D eigenvalue weighted by atomic mass is 9.90. The molecule has 31 heavy (non-hydrogen) atoms. The van der Waals surface area contributed by atoms with Crippen LogP contribution < -0.4 is 5.32 Å². The topological polar surface area (TPSA) is 42.0 Å². The molecule has 3 nitrogen and oxygen atoms in total. The molecule has 0 saturated carbocycles. The van der Waals surface area contributed by atoms with Gasteiger partial charge in [0, 0.05) is 17.8 Å². The second kappa shape index (κ2) is 9.30. The van der Waals surface area contributed by atoms with E-state index in [4.69, 9.17) is 0 Å². The third-order valence-corrected chi connectivity index (χ3v) is 5.10. The normalized spacial score (nSPS) is 11.7. The van der Waals surface area contributed by atoms with Crippen LogP contribution in [-0.4, -0.2) is 11.4 Å². The zero-order valence-electron chi connectivity index (χ0n) is 16.6. The van der Waals surface area contributed by atoms with Crippen molar-refractivity contribution < 1.29 is 13.6 Å². The molecule has 5 heteroatoms. The van der Waals surface area contributed by atoms with Gasteiger partial charge < -0.3 is 5.32 Å². The van der Waals surface area contributed by atoms with E-state index >= 15 is 0 Å². The summed E-state index contributed by atoms with van der Waals surface area (Å²) in [6.07, 6.45) is 2.43. The maximum Gasteiger partial charge on any atom is 0.207 e. The Morgan fingerprint density at radius 3 is 2.16 bits per heavy atom. The number of nitrogens with zero attached hydrogens (tertiary/aromatic N) is 1. The number of pyridine rings is 1. The van der Waals surface area contributed by atoms with Gasteiger partial charge in [-0.1, -0.05) is 60.7 Å². The smallest absolute Gasteiger partial charge is 0.207 e. The molecule has 1 atom stereocenters. The molecular weight excluding hydrogens is 394 g/mol. The van der Waals surface area contributed by atoms with Gasteiger partial charge in [-0.05, 0) is 46.9 Å². The molecule has 4 aromatic rings. The minimum absolute atomic E-state index is 0.199. The van der Waals surface area contributed by atoms with Crippen LogP contribution in [0.4, 0.5) is 8.78 Å². The predicted octanol–water partition coefficient (Wildman–Crippen LogP) is 5.72. The molecule has 1 unspecified atom stereocenters. The number of benzene rings is 3. The summed E-state index contributed by atoms with van der Waals surface area (Å²) >= 11 is 0. The molecule has 1 amide bonds. The SMILES string of the molecule is O=CNC(Cc1cc(F)cc(F)c1)c1ncccc1-c1ccccc1-c1ccccc1. The van der Waals surface area contributed by atoms with Crippen LogP contribution in [0.15, 0.2) is 91.1 Å². The number of nitrogens with one attached hydrogen (secondary N) is 1. The highest BCUT2D eigenvalue weighted by Gasteiger charge is 2.20. The summed E-state index contributed by atoms with van der Waals surface area (Å²) in [6.45, 7) is 0. The van der Waals surface area contributed by atoms with Gasteiger partial charge in [0.05, 0.1) is 11.7 Å². The lowest BCUT2D eigenvalue weighted by molar-refractivity contribution is -0.110. The van der Waals surface area contributed by atoms with Gasteiger partial charge >= 0.3 is 0 Å². The van der Waals surface area contributed by atoms with Crippen molar-refractivity contribution in [2.75, 3.05) is 0 Å². The van der Waals surface area contributed by atoms with E-state index < -0.39 is 17.7 Å². The molecule has 4 rings (SSSR count). The second-order valence-electron chi connectivity index (χ2n) is 7.17. The van der Waals surface area contributed by atoms with Gasteiger partial charge in [-0.25, -0.2) is 8.78 Å². The Hall–Kier alpha value is -3.86. The number of halogens is 2. The highest BCUT2D eigenvalue weighted by atomic mass is 19.1. The Morgan fingerprint density at radius 1 is 0.806 bits per heavy atom. The van der Waals surface area contributed by atoms with Gasteiger partial charge in [0.2, 0.25) is 6.41 Å². The first-order valence-electron chi connectivity index (χ1n) is 9.90. The average molecular weight is 414 g/mol. The van der Waals surface area contributed by atoms with Crippen molar-refractivity contribution in [2.45, 2.75) is 12.5 Å². The Kier molecular flexibility index (Phi) is 6.13. The predicted molar refractivity (Wildman–Crippen MR) is 117 cm³/mol. The Labute approximate surface area is 179 Å². The number of carbonyl (C=O) groups excluding carboxylic acids is 1. The van der Waals surface area contributed by atoms with Crippen LogP contribution in [0.25, 0.3) is 22.3 Å². The standard InChI is InChI=1S/C26H20F2N2O/c27-20-13-18(14-21(28)16-20)15-25(30-17-31)26-24(11-6-12-29-26)23-10-5-4-9-22(23)19-7-2-1-3-8-19/h1-14,16-17,25H,15H2,(H,30,31). The van der Waals surface area contributed by atoms with Gasteiger partial charge in [-0.15, -0.1) is 0 Å². The minimum atomic E-state index is -0.657. The number of rotatable bonds is 7. The fourth-order valence-corrected chi connectivity index (χ4v) is 3.79. The number of amides is 1. The molecule has 0 aliphatic heterocycles. The van der Waals surface area contributed by atoms with Gasteiger partial charge in [-0.3, -0.25) is 9.78 Å². The van der Waals surface area contributed by atoms with Crippen LogP contribution in [0.3, 0.4) is 0 Å². The van der Waals surface area contributed by atoms with E-state index in [1.165, 1.54) is 12.1 Å². The van der Waals surface area contributed by atoms with E-state index in [-0.39, 0.29) is 6.42 Å². The first kappa shape index (κ1) is 20.4. The molecule has 0 radical (unpaired) electrons. The molecule has 3 aromatic carbocycles. The average Bonchev–Trinajstić information content (AvgIpc) is 2.79. The van der Waals surface area contributed by atoms with E-state index in [1.54, 1.807) is 6.20 Å². The molecule has 0 spiro atoms. The van der Waals surface area contributed by atoms with E-state index in [2.05, 4.69) is 10.3 Å². The Balaban J connectivity index is 1.80. The molecular formula is C26H20F2N2O. The minimum Gasteiger partial charge on any atom is -0.350 e. The highest BCUT2D eigenvalue weighted by molar-refractivity contribution is 5.84. The summed E-state index contributed by atoms with van der Waals surface area (Å²) < 4.78 is 27.4. The van der Waals surface area contributed by atoms with Crippen molar-refractivity contribution >= 4 is 6.41 Å². The lowest BCUT2D eigenvalue weighted by Gasteiger charge is -2.20. The maximum absolute atomic E-state index is 13.7. The third-order valence-electron chi connectivity index (χ3n) is 5.10. The molecule has 0 aliphatic rings. The number of aromatic nitrogens is 1. The van der Waals surface area contributed by atoms with E-state index in [9.17, 15) is 13.6 Å². The third kappa shape index (κ3) is 4.67. The van der Waals surface area contributed by atoms with Crippen molar-refractivity contribution in [3.05, 3.63) is 114 Å². The summed E-state index contributed by atoms with van der Waals surface area (Å²) in [5.74, 6) is -1.31. The van der Waals surface area contributed by atoms with E-state index in [1.807, 2.05) is 66.7 Å². The van der Waals surface area contributed by atoms with Crippen LogP contribution in [0, 0.1) is 11.6 Å². The quantitative estimate of drug-likeness (QED) is 0.393. The second-order valence-corrected chi connectivity index (χ2v) is 7.17. The highest BCUT2D eigenvalue weighted by Crippen LogP contribution is 2.35. The van der Waals surface area contributed by atoms with Gasteiger partial charge in [0.15, 0.2) is 0 Å². The summed E-state index contributed by atoms with van der Waals surface area (Å²) in [7, 11) is 0. The monoisotopic (exact) mass is 414 g/mol. The largest absolute Gasteiger partial charge is 0.350 e. The number of hydrogen-bond donors (Lipinski definition) is 1. The number of hydrogen-bond acceptors (Lipinski definition) is 2. The zero-order chi connectivity index (χ0) is 21.6. The molecule has 1 aromatic heterocycles. The fourth-order valence-electron chi connectivity index (χ4n) is 3.79. The first-order valence-corrected chi connectivity index (χ1v) is 9.90. The molecule has 154 valence electrons. The van der Waals surface area contributed by atoms with Gasteiger partial charge in [-0.2, -0.15) is 0 Å². The Bertz CT molecular complexity index is 1170. The molecule has 0 fully saturated rings. The van der Waals surface area contributed by atoms with Gasteiger partial charge in [0.25, 0.3) is 0 Å². The van der Waals surface area contributed by atoms with Crippen LogP contribution in [0.5, 0.6) is 0 Å². The van der Waals surface area contributed by atoms with Crippen molar-refractivity contribution in [1.82, 2.24) is 10.3 Å². The van der Waals surface area contributed by atoms with Crippen LogP contribution >= 0.6 is 0 Å². The fraction of sp³-hybridized carbons (Fsp3) is 0.0769. The molecule has 1 N–H and O–H groups in total. The molecule has 0 saturated heterocycles. The van der Waals surface area contributed by atoms with Crippen LogP contribution in [0.2, 0.25) is 0 Å². The lowest BCUT2D eigenvalue weighted by Crippen LogP contribution is -2.23. The summed E-state index contributed by atoms with van der Waals surface area (Å²) in [6, 6.07) is 24.5. The summed E-state index contributed by atoms with van der Waals surface area (Å²) in [5, 5.41) is 2.77. The van der Waals surface area contributed by atoms with Crippen molar-refractivity contribution in [2.24, 2.45) is 0 Å². The van der Waals surface area contributed by atoms with E-state index in [0.29, 0.717) is 17.7 Å². The van der Waals surface area contributed by atoms with Gasteiger partial charge in [0.1, 0.15) is 11.6 Å². The molecule has 1 heterocycles. The maximum atomic E-state index is 13.7. The summed E-state index contributed by atoms with van der Waals surface area (Å²) in [5.41, 5.74) is 4.95. The first-order chi connectivity index (χ1) is 15.2. The van der Waals surface area contributed by atoms with Crippen molar-refractivity contribution in [3.8, 4) is 22.3 Å². The zero-order valence-corrected chi connectivity index (χ0v) is 16.6. The van der Waals surface area contributed by atoms with Crippen LogP contribution in [0.1, 0.15) is 17.3 Å². The Morgan fingerprint density at radius 2 is 1.45 bits per heavy atom. The van der Waals surface area contributed by atoms with Crippen molar-refractivity contribution in [3.63, 3.8) is 0 Å². The molecule has 0 bridgehead atoms. The van der Waals surface area contributed by atoms with Crippen molar-refractivity contribution in [1.29, 1.82) is 0 Å². The molecule has 0 aliphatic carbocycles. The summed E-state index contributed by atoms with van der Waals surface area (Å²) in [4.78, 5) is 15.9. The van der Waals surface area contributed by atoms with Crippen LogP contribution in [-0.2, 0) is 11.2 Å². The number of carbonyl (C=O) groups is 1. The van der Waals surface area contributed by atoms with E-state index in [0.717, 1.165) is 28.3 Å².